The van der Waals surface area contributed by atoms with Crippen LogP contribution < -0.4 is 10.6 Å². The van der Waals surface area contributed by atoms with Gasteiger partial charge in [-0.15, -0.1) is 0 Å². The molecule has 0 spiro atoms. The third kappa shape index (κ3) is 4.34. The maximum absolute atomic E-state index is 12.1. The highest BCUT2D eigenvalue weighted by Crippen LogP contribution is 2.23. The van der Waals surface area contributed by atoms with E-state index < -0.39 is 0 Å². The molecule has 1 amide bonds. The summed E-state index contributed by atoms with van der Waals surface area (Å²) in [5.41, 5.74) is 0.599. The van der Waals surface area contributed by atoms with E-state index in [2.05, 4.69) is 39.0 Å². The number of carbonyl (C=O) groups excluding carboxylic acids is 1. The van der Waals surface area contributed by atoms with Crippen molar-refractivity contribution in [3.8, 4) is 0 Å². The van der Waals surface area contributed by atoms with Crippen molar-refractivity contribution in [2.75, 3.05) is 11.9 Å². The van der Waals surface area contributed by atoms with E-state index in [0.717, 1.165) is 24.6 Å². The maximum atomic E-state index is 12.1. The van der Waals surface area contributed by atoms with Gasteiger partial charge < -0.3 is 15.2 Å². The fourth-order valence-corrected chi connectivity index (χ4v) is 2.61. The largest absolute Gasteiger partial charge is 0.367 e. The van der Waals surface area contributed by atoms with E-state index in [-0.39, 0.29) is 5.91 Å². The lowest BCUT2D eigenvalue weighted by atomic mass is 10.2. The van der Waals surface area contributed by atoms with Crippen LogP contribution in [-0.2, 0) is 6.54 Å². The lowest BCUT2D eigenvalue weighted by Crippen LogP contribution is -2.25. The molecule has 0 saturated heterocycles. The molecule has 0 unspecified atom stereocenters. The van der Waals surface area contributed by atoms with E-state index in [0.29, 0.717) is 24.1 Å². The second-order valence-corrected chi connectivity index (χ2v) is 6.59. The summed E-state index contributed by atoms with van der Waals surface area (Å²) in [4.78, 5) is 20.8. The molecular formula is C18H25N5O. The van der Waals surface area contributed by atoms with Gasteiger partial charge in [-0.05, 0) is 31.4 Å². The van der Waals surface area contributed by atoms with Crippen LogP contribution in [0.3, 0.4) is 0 Å². The third-order valence-corrected chi connectivity index (χ3v) is 4.08. The lowest BCUT2D eigenvalue weighted by molar-refractivity contribution is 0.0952. The number of rotatable bonds is 8. The van der Waals surface area contributed by atoms with Gasteiger partial charge in [-0.2, -0.15) is 0 Å². The van der Waals surface area contributed by atoms with Crippen molar-refractivity contribution in [1.29, 1.82) is 0 Å². The molecule has 1 saturated carbocycles. The molecule has 1 fully saturated rings. The zero-order valence-electron chi connectivity index (χ0n) is 14.3. The number of pyridine rings is 1. The molecule has 2 aromatic rings. The minimum atomic E-state index is -0.0739. The number of nitrogens with one attached hydrogen (secondary N) is 2. The fourth-order valence-electron chi connectivity index (χ4n) is 2.61. The summed E-state index contributed by atoms with van der Waals surface area (Å²) in [5.74, 6) is 2.26. The summed E-state index contributed by atoms with van der Waals surface area (Å²) in [6.07, 6.45) is 8.74. The topological polar surface area (TPSA) is 71.8 Å². The lowest BCUT2D eigenvalue weighted by Gasteiger charge is -2.11. The number of hydrogen-bond acceptors (Lipinski definition) is 4. The van der Waals surface area contributed by atoms with Crippen LogP contribution in [0.5, 0.6) is 0 Å². The Bertz CT molecular complexity index is 673. The smallest absolute Gasteiger partial charge is 0.252 e. The van der Waals surface area contributed by atoms with Crippen molar-refractivity contribution >= 4 is 11.7 Å². The predicted molar refractivity (Wildman–Crippen MR) is 94.1 cm³/mol. The number of imidazole rings is 1. The molecule has 1 aliphatic rings. The van der Waals surface area contributed by atoms with Crippen LogP contribution in [-0.4, -0.2) is 33.0 Å². The summed E-state index contributed by atoms with van der Waals surface area (Å²) < 4.78 is 2.15. The number of aryl methyl sites for hydroxylation is 1. The maximum Gasteiger partial charge on any atom is 0.252 e. The minimum Gasteiger partial charge on any atom is -0.367 e. The van der Waals surface area contributed by atoms with Crippen LogP contribution in [0.2, 0.25) is 0 Å². The molecule has 1 aliphatic carbocycles. The molecule has 2 heterocycles. The summed E-state index contributed by atoms with van der Waals surface area (Å²) in [6.45, 7) is 5.76. The molecule has 0 bridgehead atoms. The fraction of sp³-hybridized carbons (Fsp3) is 0.500. The SMILES string of the molecule is CC(C)c1nccn1CCCNC(=O)c1ccc(NC2CC2)nc1. The van der Waals surface area contributed by atoms with Gasteiger partial charge in [0.1, 0.15) is 11.6 Å². The first-order valence-corrected chi connectivity index (χ1v) is 8.65. The van der Waals surface area contributed by atoms with Gasteiger partial charge >= 0.3 is 0 Å². The molecule has 128 valence electrons. The van der Waals surface area contributed by atoms with Crippen molar-refractivity contribution in [1.82, 2.24) is 19.9 Å². The molecule has 6 heteroatoms. The molecule has 0 aromatic carbocycles. The van der Waals surface area contributed by atoms with Gasteiger partial charge in [0.2, 0.25) is 0 Å². The second-order valence-electron chi connectivity index (χ2n) is 6.59. The van der Waals surface area contributed by atoms with Crippen molar-refractivity contribution in [2.45, 2.75) is 51.6 Å². The second kappa shape index (κ2) is 7.47. The number of amides is 1. The van der Waals surface area contributed by atoms with Crippen molar-refractivity contribution in [3.05, 3.63) is 42.1 Å². The third-order valence-electron chi connectivity index (χ3n) is 4.08. The minimum absolute atomic E-state index is 0.0739. The van der Waals surface area contributed by atoms with Gasteiger partial charge in [0.05, 0.1) is 5.56 Å². The summed E-state index contributed by atoms with van der Waals surface area (Å²) in [7, 11) is 0. The number of nitrogens with zero attached hydrogens (tertiary/aromatic N) is 3. The van der Waals surface area contributed by atoms with Crippen molar-refractivity contribution < 1.29 is 4.79 Å². The first kappa shape index (κ1) is 16.5. The average Bonchev–Trinajstić information content (AvgIpc) is 3.25. The molecule has 2 aromatic heterocycles. The van der Waals surface area contributed by atoms with E-state index in [1.54, 1.807) is 6.20 Å². The van der Waals surface area contributed by atoms with Gasteiger partial charge in [-0.25, -0.2) is 9.97 Å². The molecule has 3 rings (SSSR count). The zero-order valence-corrected chi connectivity index (χ0v) is 14.3. The molecular weight excluding hydrogens is 302 g/mol. The van der Waals surface area contributed by atoms with E-state index in [1.807, 2.05) is 24.5 Å². The van der Waals surface area contributed by atoms with Crippen molar-refractivity contribution in [2.24, 2.45) is 0 Å². The molecule has 0 radical (unpaired) electrons. The van der Waals surface area contributed by atoms with Gasteiger partial charge in [-0.3, -0.25) is 4.79 Å². The molecule has 2 N–H and O–H groups in total. The van der Waals surface area contributed by atoms with Crippen LogP contribution in [0.15, 0.2) is 30.7 Å². The van der Waals surface area contributed by atoms with E-state index in [9.17, 15) is 4.79 Å². The van der Waals surface area contributed by atoms with Crippen LogP contribution in [0.1, 0.15) is 55.2 Å². The Labute approximate surface area is 142 Å². The Morgan fingerprint density at radius 2 is 2.17 bits per heavy atom. The molecule has 6 nitrogen and oxygen atoms in total. The Morgan fingerprint density at radius 1 is 1.33 bits per heavy atom. The molecule has 0 atom stereocenters. The summed E-state index contributed by atoms with van der Waals surface area (Å²) in [5, 5.41) is 6.26. The standard InChI is InChI=1S/C18H25N5O/c1-13(2)17-19-9-11-23(17)10-3-8-20-18(24)14-4-7-16(21-12-14)22-15-5-6-15/h4,7,9,11-13,15H,3,5-6,8,10H2,1-2H3,(H,20,24)(H,21,22). The number of anilines is 1. The normalized spacial score (nSPS) is 14.0. The van der Waals surface area contributed by atoms with Gasteiger partial charge in [0.15, 0.2) is 0 Å². The summed E-state index contributed by atoms with van der Waals surface area (Å²) >= 11 is 0. The quantitative estimate of drug-likeness (QED) is 0.731. The number of carbonyl (C=O) groups is 1. The Morgan fingerprint density at radius 3 is 2.83 bits per heavy atom. The highest BCUT2D eigenvalue weighted by Gasteiger charge is 2.21. The number of hydrogen-bond donors (Lipinski definition) is 2. The summed E-state index contributed by atoms with van der Waals surface area (Å²) in [6, 6.07) is 4.25. The zero-order chi connectivity index (χ0) is 16.9. The Kier molecular flexibility index (Phi) is 5.13. The van der Waals surface area contributed by atoms with Gasteiger partial charge in [0.25, 0.3) is 5.91 Å². The average molecular weight is 327 g/mol. The van der Waals surface area contributed by atoms with Crippen LogP contribution in [0, 0.1) is 0 Å². The monoisotopic (exact) mass is 327 g/mol. The van der Waals surface area contributed by atoms with E-state index in [4.69, 9.17) is 0 Å². The first-order chi connectivity index (χ1) is 11.6. The van der Waals surface area contributed by atoms with Crippen LogP contribution >= 0.6 is 0 Å². The first-order valence-electron chi connectivity index (χ1n) is 8.65. The number of aromatic nitrogens is 3. The highest BCUT2D eigenvalue weighted by atomic mass is 16.1. The van der Waals surface area contributed by atoms with E-state index >= 15 is 0 Å². The van der Waals surface area contributed by atoms with Crippen LogP contribution in [0.4, 0.5) is 5.82 Å². The van der Waals surface area contributed by atoms with Crippen LogP contribution in [0.25, 0.3) is 0 Å². The van der Waals surface area contributed by atoms with E-state index in [1.165, 1.54) is 12.8 Å². The Balaban J connectivity index is 1.42. The molecule has 24 heavy (non-hydrogen) atoms. The molecule has 0 aliphatic heterocycles. The highest BCUT2D eigenvalue weighted by molar-refractivity contribution is 5.94. The van der Waals surface area contributed by atoms with Gasteiger partial charge in [-0.1, -0.05) is 13.8 Å². The Hall–Kier alpha value is -2.37. The van der Waals surface area contributed by atoms with Crippen molar-refractivity contribution in [3.63, 3.8) is 0 Å². The predicted octanol–water partition coefficient (Wildman–Crippen LogP) is 2.80. The van der Waals surface area contributed by atoms with Gasteiger partial charge in [0, 0.05) is 43.6 Å².